The summed E-state index contributed by atoms with van der Waals surface area (Å²) >= 11 is 0. The molecule has 0 unspecified atom stereocenters. The van der Waals surface area contributed by atoms with E-state index >= 15 is 0 Å². The first kappa shape index (κ1) is 22.0. The molecule has 0 aliphatic heterocycles. The maximum atomic E-state index is 12.6. The topological polar surface area (TPSA) is 77.1 Å². The standard InChI is InChI=1S/C21H32N2O5/c1-16(2)27-14-6-12-22-20(24)11-13-23(17-9-10-17)21(25)15-28-19-8-5-4-7-18(19)26-3/h4-5,7-8,16-17H,6,9-15H2,1-3H3,(H,22,24). The van der Waals surface area contributed by atoms with Crippen LogP contribution in [0.2, 0.25) is 0 Å². The molecule has 0 saturated heterocycles. The molecule has 2 rings (SSSR count). The molecule has 0 aromatic heterocycles. The van der Waals surface area contributed by atoms with Crippen molar-refractivity contribution in [1.82, 2.24) is 10.2 Å². The van der Waals surface area contributed by atoms with Gasteiger partial charge in [0.25, 0.3) is 5.91 Å². The summed E-state index contributed by atoms with van der Waals surface area (Å²) in [5, 5.41) is 2.88. The van der Waals surface area contributed by atoms with Gasteiger partial charge in [-0.05, 0) is 45.2 Å². The van der Waals surface area contributed by atoms with Crippen molar-refractivity contribution in [3.63, 3.8) is 0 Å². The Morgan fingerprint density at radius 3 is 2.57 bits per heavy atom. The van der Waals surface area contributed by atoms with Crippen LogP contribution in [0.25, 0.3) is 0 Å². The third kappa shape index (κ3) is 7.76. The molecule has 1 aromatic rings. The lowest BCUT2D eigenvalue weighted by Gasteiger charge is -2.22. The van der Waals surface area contributed by atoms with Gasteiger partial charge in [0.2, 0.25) is 5.91 Å². The number of rotatable bonds is 13. The van der Waals surface area contributed by atoms with Crippen molar-refractivity contribution in [3.8, 4) is 11.5 Å². The molecule has 0 atom stereocenters. The van der Waals surface area contributed by atoms with E-state index in [2.05, 4.69) is 5.32 Å². The van der Waals surface area contributed by atoms with E-state index in [1.54, 1.807) is 24.1 Å². The lowest BCUT2D eigenvalue weighted by Crippen LogP contribution is -2.39. The summed E-state index contributed by atoms with van der Waals surface area (Å²) < 4.78 is 16.3. The molecule has 0 heterocycles. The number of benzene rings is 1. The summed E-state index contributed by atoms with van der Waals surface area (Å²) in [5.74, 6) is 0.977. The van der Waals surface area contributed by atoms with Crippen LogP contribution in [0.4, 0.5) is 0 Å². The summed E-state index contributed by atoms with van der Waals surface area (Å²) in [5.41, 5.74) is 0. The lowest BCUT2D eigenvalue weighted by molar-refractivity contribution is -0.134. The maximum Gasteiger partial charge on any atom is 0.260 e. The van der Waals surface area contributed by atoms with E-state index in [1.165, 1.54) is 0 Å². The van der Waals surface area contributed by atoms with Gasteiger partial charge < -0.3 is 24.4 Å². The average molecular weight is 392 g/mol. The van der Waals surface area contributed by atoms with Crippen molar-refractivity contribution in [2.24, 2.45) is 0 Å². The van der Waals surface area contributed by atoms with Gasteiger partial charge in [-0.2, -0.15) is 0 Å². The van der Waals surface area contributed by atoms with Crippen molar-refractivity contribution >= 4 is 11.8 Å². The van der Waals surface area contributed by atoms with E-state index in [1.807, 2.05) is 26.0 Å². The number of hydrogen-bond donors (Lipinski definition) is 1. The van der Waals surface area contributed by atoms with Gasteiger partial charge in [0, 0.05) is 32.2 Å². The second kappa shape index (κ2) is 11.5. The summed E-state index contributed by atoms with van der Waals surface area (Å²) in [4.78, 5) is 26.4. The molecule has 1 aliphatic carbocycles. The van der Waals surface area contributed by atoms with Crippen molar-refractivity contribution in [2.45, 2.75) is 51.7 Å². The monoisotopic (exact) mass is 392 g/mol. The number of para-hydroxylation sites is 2. The number of nitrogens with zero attached hydrogens (tertiary/aromatic N) is 1. The number of methoxy groups -OCH3 is 1. The van der Waals surface area contributed by atoms with Gasteiger partial charge in [0.05, 0.1) is 13.2 Å². The fourth-order valence-corrected chi connectivity index (χ4v) is 2.79. The Morgan fingerprint density at radius 2 is 1.93 bits per heavy atom. The Hall–Kier alpha value is -2.28. The van der Waals surface area contributed by atoms with Gasteiger partial charge in [0.15, 0.2) is 18.1 Å². The molecule has 1 aliphatic rings. The predicted octanol–water partition coefficient (Wildman–Crippen LogP) is 2.39. The van der Waals surface area contributed by atoms with Crippen LogP contribution < -0.4 is 14.8 Å². The Kier molecular flexibility index (Phi) is 9.07. The largest absolute Gasteiger partial charge is 0.493 e. The quantitative estimate of drug-likeness (QED) is 0.522. The number of hydrogen-bond acceptors (Lipinski definition) is 5. The van der Waals surface area contributed by atoms with Crippen molar-refractivity contribution in [2.75, 3.05) is 33.4 Å². The summed E-state index contributed by atoms with van der Waals surface area (Å²) in [6.45, 7) is 5.53. The van der Waals surface area contributed by atoms with Crippen molar-refractivity contribution < 1.29 is 23.8 Å². The van der Waals surface area contributed by atoms with Crippen LogP contribution in [0.15, 0.2) is 24.3 Å². The highest BCUT2D eigenvalue weighted by atomic mass is 16.5. The SMILES string of the molecule is COc1ccccc1OCC(=O)N(CCC(=O)NCCCOC(C)C)C1CC1. The van der Waals surface area contributed by atoms with E-state index in [-0.39, 0.29) is 30.6 Å². The van der Waals surface area contributed by atoms with Crippen molar-refractivity contribution in [3.05, 3.63) is 24.3 Å². The second-order valence-corrected chi connectivity index (χ2v) is 7.13. The van der Waals surface area contributed by atoms with Gasteiger partial charge in [-0.1, -0.05) is 12.1 Å². The number of nitrogens with one attached hydrogen (secondary N) is 1. The Morgan fingerprint density at radius 1 is 1.21 bits per heavy atom. The zero-order valence-corrected chi connectivity index (χ0v) is 17.1. The maximum absolute atomic E-state index is 12.6. The van der Waals surface area contributed by atoms with Gasteiger partial charge in [-0.25, -0.2) is 0 Å². The lowest BCUT2D eigenvalue weighted by atomic mass is 10.3. The minimum absolute atomic E-state index is 0.0476. The van der Waals surface area contributed by atoms with Crippen LogP contribution in [-0.4, -0.2) is 62.3 Å². The van der Waals surface area contributed by atoms with Crippen molar-refractivity contribution in [1.29, 1.82) is 0 Å². The Bertz CT molecular complexity index is 631. The predicted molar refractivity (Wildman–Crippen MR) is 107 cm³/mol. The molecular formula is C21H32N2O5. The molecule has 7 nitrogen and oxygen atoms in total. The Balaban J connectivity index is 1.72. The first-order valence-electron chi connectivity index (χ1n) is 9.95. The minimum Gasteiger partial charge on any atom is -0.493 e. The Labute approximate surface area is 167 Å². The van der Waals surface area contributed by atoms with Gasteiger partial charge in [-0.3, -0.25) is 9.59 Å². The zero-order chi connectivity index (χ0) is 20.4. The van der Waals surface area contributed by atoms with E-state index in [0.29, 0.717) is 37.6 Å². The van der Waals surface area contributed by atoms with Gasteiger partial charge in [0.1, 0.15) is 0 Å². The highest BCUT2D eigenvalue weighted by Crippen LogP contribution is 2.28. The smallest absolute Gasteiger partial charge is 0.260 e. The molecule has 1 N–H and O–H groups in total. The van der Waals surface area contributed by atoms with Crippen LogP contribution in [-0.2, 0) is 14.3 Å². The van der Waals surface area contributed by atoms with E-state index in [9.17, 15) is 9.59 Å². The third-order valence-corrected chi connectivity index (χ3v) is 4.40. The third-order valence-electron chi connectivity index (χ3n) is 4.40. The highest BCUT2D eigenvalue weighted by Gasteiger charge is 2.32. The summed E-state index contributed by atoms with van der Waals surface area (Å²) in [7, 11) is 1.56. The molecular weight excluding hydrogens is 360 g/mol. The highest BCUT2D eigenvalue weighted by molar-refractivity contribution is 5.80. The molecule has 0 bridgehead atoms. The van der Waals surface area contributed by atoms with Crippen LogP contribution >= 0.6 is 0 Å². The zero-order valence-electron chi connectivity index (χ0n) is 17.1. The van der Waals surface area contributed by atoms with Crippen LogP contribution in [0.5, 0.6) is 11.5 Å². The number of amides is 2. The summed E-state index contributed by atoms with van der Waals surface area (Å²) in [6, 6.07) is 7.45. The molecule has 0 radical (unpaired) electrons. The first-order chi connectivity index (χ1) is 13.5. The van der Waals surface area contributed by atoms with Crippen LogP contribution in [0.3, 0.4) is 0 Å². The number of carbonyl (C=O) groups is 2. The van der Waals surface area contributed by atoms with Gasteiger partial charge >= 0.3 is 0 Å². The summed E-state index contributed by atoms with van der Waals surface area (Å²) in [6.07, 6.45) is 3.24. The van der Waals surface area contributed by atoms with Gasteiger partial charge in [-0.15, -0.1) is 0 Å². The fourth-order valence-electron chi connectivity index (χ4n) is 2.79. The van der Waals surface area contributed by atoms with Crippen LogP contribution in [0, 0.1) is 0 Å². The second-order valence-electron chi connectivity index (χ2n) is 7.13. The van der Waals surface area contributed by atoms with E-state index < -0.39 is 0 Å². The normalized spacial score (nSPS) is 13.3. The minimum atomic E-state index is -0.105. The molecule has 7 heteroatoms. The van der Waals surface area contributed by atoms with E-state index in [0.717, 1.165) is 19.3 Å². The van der Waals surface area contributed by atoms with E-state index in [4.69, 9.17) is 14.2 Å². The average Bonchev–Trinajstić information content (AvgIpc) is 3.51. The molecule has 0 spiro atoms. The van der Waals surface area contributed by atoms with Crippen LogP contribution in [0.1, 0.15) is 39.5 Å². The fraction of sp³-hybridized carbons (Fsp3) is 0.619. The first-order valence-corrected chi connectivity index (χ1v) is 9.95. The molecule has 1 saturated carbocycles. The molecule has 28 heavy (non-hydrogen) atoms. The molecule has 156 valence electrons. The molecule has 1 aromatic carbocycles. The number of ether oxygens (including phenoxy) is 3. The molecule has 2 amide bonds. The molecule has 1 fully saturated rings. The number of carbonyl (C=O) groups excluding carboxylic acids is 2.